The van der Waals surface area contributed by atoms with Crippen LogP contribution in [0.25, 0.3) is 0 Å². The molecule has 0 heterocycles. The second-order valence-electron chi connectivity index (χ2n) is 12.5. The monoisotopic (exact) mass is 547 g/mol. The lowest BCUT2D eigenvalue weighted by molar-refractivity contribution is -0.152. The summed E-state index contributed by atoms with van der Waals surface area (Å²) in [6.45, 7) is 5.70. The summed E-state index contributed by atoms with van der Waals surface area (Å²) in [7, 11) is 3.63. The number of carbonyl (C=O) groups excluding carboxylic acids is 3. The molecule has 2 aliphatic rings. The van der Waals surface area contributed by atoms with E-state index in [0.717, 1.165) is 51.4 Å². The molecule has 0 aromatic heterocycles. The molecule has 0 bridgehead atoms. The minimum absolute atomic E-state index is 0.0189. The highest BCUT2D eigenvalue weighted by Crippen LogP contribution is 2.31. The molecule has 2 aliphatic carbocycles. The van der Waals surface area contributed by atoms with Gasteiger partial charge in [-0.05, 0) is 38.5 Å². The van der Waals surface area contributed by atoms with Crippen LogP contribution in [0.2, 0.25) is 0 Å². The Hall–Kier alpha value is -1.59. The molecule has 6 nitrogen and oxygen atoms in total. The molecule has 2 rings (SSSR count). The fourth-order valence-electron chi connectivity index (χ4n) is 6.64. The molecule has 39 heavy (non-hydrogen) atoms. The van der Waals surface area contributed by atoms with Gasteiger partial charge in [0.25, 0.3) is 0 Å². The van der Waals surface area contributed by atoms with Gasteiger partial charge >= 0.3 is 0 Å². The Morgan fingerprint density at radius 1 is 0.590 bits per heavy atom. The number of nitrogens with zero attached hydrogens (tertiary/aromatic N) is 3. The Kier molecular flexibility index (Phi) is 16.8. The predicted octanol–water partition coefficient (Wildman–Crippen LogP) is 7.34. The quantitative estimate of drug-likeness (QED) is 0.133. The Bertz CT molecular complexity index is 650. The van der Waals surface area contributed by atoms with E-state index in [4.69, 9.17) is 0 Å². The minimum atomic E-state index is -0.909. The van der Waals surface area contributed by atoms with Crippen LogP contribution in [-0.4, -0.2) is 71.7 Å². The molecule has 0 unspecified atom stereocenters. The van der Waals surface area contributed by atoms with Gasteiger partial charge in [0.1, 0.15) is 5.92 Å². The van der Waals surface area contributed by atoms with Crippen LogP contribution >= 0.6 is 0 Å². The molecule has 0 saturated heterocycles. The molecule has 0 atom stereocenters. The lowest BCUT2D eigenvalue weighted by Crippen LogP contribution is -2.51. The van der Waals surface area contributed by atoms with Crippen molar-refractivity contribution in [3.05, 3.63) is 0 Å². The number of carbonyl (C=O) groups is 3. The number of amides is 3. The van der Waals surface area contributed by atoms with Crippen LogP contribution in [0.3, 0.4) is 0 Å². The predicted molar refractivity (Wildman–Crippen MR) is 161 cm³/mol. The van der Waals surface area contributed by atoms with Crippen molar-refractivity contribution in [2.45, 2.75) is 161 Å². The van der Waals surface area contributed by atoms with Crippen LogP contribution in [0.5, 0.6) is 0 Å². The summed E-state index contributed by atoms with van der Waals surface area (Å²) in [5, 5.41) is 0. The molecule has 0 aromatic carbocycles. The highest BCUT2D eigenvalue weighted by molar-refractivity contribution is 6.03. The Labute approximate surface area is 240 Å². The van der Waals surface area contributed by atoms with Gasteiger partial charge in [-0.2, -0.15) is 0 Å². The molecule has 0 radical (unpaired) electrons. The van der Waals surface area contributed by atoms with Crippen molar-refractivity contribution in [2.24, 2.45) is 5.92 Å². The number of hydrogen-bond donors (Lipinski definition) is 0. The highest BCUT2D eigenvalue weighted by Gasteiger charge is 2.38. The van der Waals surface area contributed by atoms with Crippen molar-refractivity contribution in [2.75, 3.05) is 27.2 Å². The Morgan fingerprint density at radius 3 is 1.36 bits per heavy atom. The standard InChI is InChI=1S/C33H61N3O3/c1-5-7-9-11-19-25-34(3)32(38)30(33(39)35(4)26-20-12-10-8-6-2)27-31(37)36(28-21-15-13-16-22-28)29-23-17-14-18-24-29/h28-30H,5-27H2,1-4H3. The molecular formula is C33H61N3O3. The van der Waals surface area contributed by atoms with Crippen LogP contribution < -0.4 is 0 Å². The van der Waals surface area contributed by atoms with Gasteiger partial charge in [-0.3, -0.25) is 14.4 Å². The van der Waals surface area contributed by atoms with Crippen LogP contribution in [0.4, 0.5) is 0 Å². The SMILES string of the molecule is CCCCCCCN(C)C(=O)C(CC(=O)N(C1CCCCC1)C1CCCCC1)C(=O)N(C)CCCCCCC. The van der Waals surface area contributed by atoms with Crippen LogP contribution in [-0.2, 0) is 14.4 Å². The van der Waals surface area contributed by atoms with Crippen LogP contribution in [0, 0.1) is 5.92 Å². The topological polar surface area (TPSA) is 60.9 Å². The third kappa shape index (κ3) is 11.8. The summed E-state index contributed by atoms with van der Waals surface area (Å²) in [4.78, 5) is 47.2. The maximum absolute atomic E-state index is 14.1. The summed E-state index contributed by atoms with van der Waals surface area (Å²) in [5.41, 5.74) is 0. The van der Waals surface area contributed by atoms with Crippen molar-refractivity contribution in [1.29, 1.82) is 0 Å². The average Bonchev–Trinajstić information content (AvgIpc) is 2.96. The minimum Gasteiger partial charge on any atom is -0.345 e. The van der Waals surface area contributed by atoms with Crippen molar-refractivity contribution >= 4 is 17.7 Å². The number of hydrogen-bond acceptors (Lipinski definition) is 3. The van der Waals surface area contributed by atoms with Gasteiger partial charge in [0.15, 0.2) is 0 Å². The molecule has 0 aromatic rings. The molecule has 0 aliphatic heterocycles. The largest absolute Gasteiger partial charge is 0.345 e. The maximum Gasteiger partial charge on any atom is 0.235 e. The highest BCUT2D eigenvalue weighted by atomic mass is 16.2. The lowest BCUT2D eigenvalue weighted by Gasteiger charge is -2.42. The van der Waals surface area contributed by atoms with E-state index < -0.39 is 5.92 Å². The van der Waals surface area contributed by atoms with Gasteiger partial charge in [-0.1, -0.05) is 104 Å². The Balaban J connectivity index is 2.14. The second-order valence-corrected chi connectivity index (χ2v) is 12.5. The van der Waals surface area contributed by atoms with E-state index in [1.165, 1.54) is 77.0 Å². The molecule has 6 heteroatoms. The summed E-state index contributed by atoms with van der Waals surface area (Å²) in [6.07, 6.45) is 22.7. The summed E-state index contributed by atoms with van der Waals surface area (Å²) < 4.78 is 0. The lowest BCUT2D eigenvalue weighted by atomic mass is 9.87. The third-order valence-corrected chi connectivity index (χ3v) is 9.15. The van der Waals surface area contributed by atoms with E-state index in [9.17, 15) is 14.4 Å². The first-order chi connectivity index (χ1) is 18.9. The van der Waals surface area contributed by atoms with E-state index >= 15 is 0 Å². The van der Waals surface area contributed by atoms with Gasteiger partial charge in [0.2, 0.25) is 17.7 Å². The molecule has 3 amide bonds. The van der Waals surface area contributed by atoms with Gasteiger partial charge in [-0.15, -0.1) is 0 Å². The summed E-state index contributed by atoms with van der Waals surface area (Å²) >= 11 is 0. The molecule has 2 saturated carbocycles. The van der Waals surface area contributed by atoms with Crippen molar-refractivity contribution in [3.63, 3.8) is 0 Å². The molecule has 0 spiro atoms. The first-order valence-corrected chi connectivity index (χ1v) is 16.7. The molecule has 226 valence electrons. The smallest absolute Gasteiger partial charge is 0.235 e. The van der Waals surface area contributed by atoms with Gasteiger partial charge in [0.05, 0.1) is 0 Å². The van der Waals surface area contributed by atoms with E-state index in [0.29, 0.717) is 13.1 Å². The summed E-state index contributed by atoms with van der Waals surface area (Å²) in [5.74, 6) is -1.22. The average molecular weight is 548 g/mol. The number of rotatable bonds is 18. The van der Waals surface area contributed by atoms with E-state index in [1.807, 2.05) is 14.1 Å². The molecular weight excluding hydrogens is 486 g/mol. The van der Waals surface area contributed by atoms with E-state index in [-0.39, 0.29) is 36.2 Å². The zero-order chi connectivity index (χ0) is 28.5. The van der Waals surface area contributed by atoms with Gasteiger partial charge < -0.3 is 14.7 Å². The first-order valence-electron chi connectivity index (χ1n) is 16.7. The van der Waals surface area contributed by atoms with Crippen molar-refractivity contribution in [1.82, 2.24) is 14.7 Å². The first kappa shape index (κ1) is 33.6. The normalized spacial score (nSPS) is 16.8. The summed E-state index contributed by atoms with van der Waals surface area (Å²) in [6, 6.07) is 0.542. The maximum atomic E-state index is 14.1. The molecule has 2 fully saturated rings. The Morgan fingerprint density at radius 2 is 0.974 bits per heavy atom. The van der Waals surface area contributed by atoms with Crippen molar-refractivity contribution < 1.29 is 14.4 Å². The van der Waals surface area contributed by atoms with E-state index in [1.54, 1.807) is 9.80 Å². The van der Waals surface area contributed by atoms with E-state index in [2.05, 4.69) is 18.7 Å². The van der Waals surface area contributed by atoms with Gasteiger partial charge in [0, 0.05) is 45.7 Å². The zero-order valence-corrected chi connectivity index (χ0v) is 26.1. The fraction of sp³-hybridized carbons (Fsp3) is 0.909. The van der Waals surface area contributed by atoms with Crippen molar-refractivity contribution in [3.8, 4) is 0 Å². The van der Waals surface area contributed by atoms with Crippen LogP contribution in [0.1, 0.15) is 149 Å². The van der Waals surface area contributed by atoms with Crippen LogP contribution in [0.15, 0.2) is 0 Å². The third-order valence-electron chi connectivity index (χ3n) is 9.15. The fourth-order valence-corrected chi connectivity index (χ4v) is 6.64. The molecule has 0 N–H and O–H groups in total. The van der Waals surface area contributed by atoms with Gasteiger partial charge in [-0.25, -0.2) is 0 Å². The second kappa shape index (κ2) is 19.5. The number of unbranched alkanes of at least 4 members (excludes halogenated alkanes) is 8. The zero-order valence-electron chi connectivity index (χ0n) is 26.1.